The summed E-state index contributed by atoms with van der Waals surface area (Å²) in [6.07, 6.45) is 6.56. The van der Waals surface area contributed by atoms with Gasteiger partial charge in [0.05, 0.1) is 50.8 Å². The van der Waals surface area contributed by atoms with E-state index in [-0.39, 0.29) is 0 Å². The van der Waals surface area contributed by atoms with Gasteiger partial charge in [0, 0.05) is 18.2 Å². The van der Waals surface area contributed by atoms with Crippen molar-refractivity contribution in [2.75, 3.05) is 20.3 Å². The zero-order valence-electron chi connectivity index (χ0n) is 17.5. The minimum absolute atomic E-state index is 0.590. The van der Waals surface area contributed by atoms with E-state index in [0.717, 1.165) is 51.9 Å². The quantitative estimate of drug-likeness (QED) is 0.493. The smallest absolute Gasteiger partial charge is 0.161 e. The molecule has 0 spiro atoms. The molecule has 3 heterocycles. The fourth-order valence-corrected chi connectivity index (χ4v) is 3.60. The number of imidazole rings is 1. The number of methoxy groups -OCH3 is 1. The van der Waals surface area contributed by atoms with Gasteiger partial charge >= 0.3 is 0 Å². The molecule has 0 unspecified atom stereocenters. The second kappa shape index (κ2) is 8.14. The molecule has 0 aliphatic carbocycles. The molecular weight excluding hydrogens is 394 g/mol. The van der Waals surface area contributed by atoms with Crippen LogP contribution in [-0.2, 0) is 6.54 Å². The van der Waals surface area contributed by atoms with Crippen LogP contribution in [0.15, 0.2) is 55.1 Å². The lowest BCUT2D eigenvalue weighted by Gasteiger charge is -2.10. The average molecular weight is 417 g/mol. The summed E-state index contributed by atoms with van der Waals surface area (Å²) in [5, 5.41) is 8.65. The maximum atomic E-state index is 5.79. The third kappa shape index (κ3) is 3.96. The van der Waals surface area contributed by atoms with Crippen molar-refractivity contribution < 1.29 is 14.2 Å². The molecule has 4 aromatic rings. The zero-order valence-corrected chi connectivity index (χ0v) is 17.5. The summed E-state index contributed by atoms with van der Waals surface area (Å²) in [7, 11) is 1.66. The Kier molecular flexibility index (Phi) is 5.03. The first-order valence-electron chi connectivity index (χ1n) is 10.2. The van der Waals surface area contributed by atoms with Crippen LogP contribution in [0.25, 0.3) is 16.9 Å². The molecule has 0 saturated carbocycles. The Bertz CT molecular complexity index is 1210. The number of aromatic nitrogens is 5. The molecule has 31 heavy (non-hydrogen) atoms. The molecule has 1 aliphatic heterocycles. The van der Waals surface area contributed by atoms with Crippen LogP contribution >= 0.6 is 0 Å². The highest BCUT2D eigenvalue weighted by Gasteiger charge is 2.13. The molecule has 2 aromatic carbocycles. The van der Waals surface area contributed by atoms with Gasteiger partial charge in [0.25, 0.3) is 0 Å². The monoisotopic (exact) mass is 417 g/mol. The van der Waals surface area contributed by atoms with Gasteiger partial charge in [-0.25, -0.2) is 9.67 Å². The Morgan fingerprint density at radius 2 is 1.90 bits per heavy atom. The van der Waals surface area contributed by atoms with E-state index in [0.29, 0.717) is 19.8 Å². The molecule has 0 radical (unpaired) electrons. The molecular formula is C23H23N5O3. The van der Waals surface area contributed by atoms with E-state index in [1.807, 2.05) is 65.0 Å². The van der Waals surface area contributed by atoms with Crippen LogP contribution in [-0.4, -0.2) is 44.9 Å². The van der Waals surface area contributed by atoms with E-state index in [1.165, 1.54) is 0 Å². The summed E-state index contributed by atoms with van der Waals surface area (Å²) >= 11 is 0. The fraction of sp³-hybridized carbons (Fsp3) is 0.261. The largest absolute Gasteiger partial charge is 0.495 e. The van der Waals surface area contributed by atoms with Crippen molar-refractivity contribution in [2.45, 2.75) is 19.9 Å². The number of nitrogens with zero attached hydrogens (tertiary/aromatic N) is 5. The van der Waals surface area contributed by atoms with Gasteiger partial charge in [0.15, 0.2) is 11.5 Å². The molecule has 2 aromatic heterocycles. The van der Waals surface area contributed by atoms with Crippen LogP contribution in [0.2, 0.25) is 0 Å². The van der Waals surface area contributed by atoms with Crippen LogP contribution in [0, 0.1) is 6.92 Å². The Morgan fingerprint density at radius 3 is 2.71 bits per heavy atom. The zero-order chi connectivity index (χ0) is 21.2. The molecule has 158 valence electrons. The fourth-order valence-electron chi connectivity index (χ4n) is 3.60. The standard InChI is InChI=1S/C23H23N5O3/c1-16-12-27(15-24-16)20-6-5-18(11-22(20)29-2)19-14-28(26-25-19)13-17-4-7-21-23(10-17)31-9-3-8-30-21/h4-7,10-12,14-15H,3,8-9,13H2,1-2H3. The maximum Gasteiger partial charge on any atom is 0.161 e. The number of ether oxygens (including phenoxy) is 3. The van der Waals surface area contributed by atoms with E-state index >= 15 is 0 Å². The van der Waals surface area contributed by atoms with Crippen molar-refractivity contribution in [1.29, 1.82) is 0 Å². The predicted octanol–water partition coefficient (Wildman–Crippen LogP) is 3.66. The van der Waals surface area contributed by atoms with Crippen molar-refractivity contribution in [3.05, 3.63) is 66.4 Å². The first-order valence-corrected chi connectivity index (χ1v) is 10.2. The van der Waals surface area contributed by atoms with Crippen LogP contribution in [0.4, 0.5) is 0 Å². The van der Waals surface area contributed by atoms with Crippen LogP contribution in [0.1, 0.15) is 17.7 Å². The molecule has 0 saturated heterocycles. The van der Waals surface area contributed by atoms with E-state index in [1.54, 1.807) is 13.4 Å². The highest BCUT2D eigenvalue weighted by molar-refractivity contribution is 5.64. The van der Waals surface area contributed by atoms with Gasteiger partial charge in [-0.2, -0.15) is 0 Å². The predicted molar refractivity (Wildman–Crippen MR) is 115 cm³/mol. The Balaban J connectivity index is 1.37. The first kappa shape index (κ1) is 19.2. The first-order chi connectivity index (χ1) is 15.2. The van der Waals surface area contributed by atoms with Crippen molar-refractivity contribution in [1.82, 2.24) is 24.5 Å². The molecule has 0 atom stereocenters. The topological polar surface area (TPSA) is 76.2 Å². The summed E-state index contributed by atoms with van der Waals surface area (Å²) in [5.74, 6) is 2.32. The van der Waals surface area contributed by atoms with Gasteiger partial charge in [0.1, 0.15) is 11.4 Å². The Labute approximate surface area is 180 Å². The minimum atomic E-state index is 0.590. The van der Waals surface area contributed by atoms with Crippen LogP contribution < -0.4 is 14.2 Å². The molecule has 8 heteroatoms. The number of fused-ring (bicyclic) bond motifs is 1. The highest BCUT2D eigenvalue weighted by Crippen LogP contribution is 2.31. The Morgan fingerprint density at radius 1 is 1.03 bits per heavy atom. The van der Waals surface area contributed by atoms with Crippen molar-refractivity contribution in [3.63, 3.8) is 0 Å². The number of rotatable bonds is 5. The van der Waals surface area contributed by atoms with E-state index < -0.39 is 0 Å². The molecule has 0 amide bonds. The number of aryl methyl sites for hydroxylation is 1. The average Bonchev–Trinajstić information content (AvgIpc) is 3.36. The lowest BCUT2D eigenvalue weighted by atomic mass is 10.1. The normalized spacial score (nSPS) is 13.1. The van der Waals surface area contributed by atoms with Gasteiger partial charge < -0.3 is 18.8 Å². The summed E-state index contributed by atoms with van der Waals surface area (Å²) in [5.41, 5.74) is 4.66. The third-order valence-electron chi connectivity index (χ3n) is 5.16. The second-order valence-corrected chi connectivity index (χ2v) is 7.44. The Hall–Kier alpha value is -3.81. The SMILES string of the molecule is COc1cc(-c2cn(Cc3ccc4c(c3)OCCCO4)nn2)ccc1-n1cnc(C)c1. The lowest BCUT2D eigenvalue weighted by Crippen LogP contribution is -2.01. The molecule has 8 nitrogen and oxygen atoms in total. The highest BCUT2D eigenvalue weighted by atomic mass is 16.5. The van der Waals surface area contributed by atoms with E-state index in [2.05, 4.69) is 15.3 Å². The maximum absolute atomic E-state index is 5.79. The third-order valence-corrected chi connectivity index (χ3v) is 5.16. The molecule has 0 N–H and O–H groups in total. The van der Waals surface area contributed by atoms with Gasteiger partial charge in [-0.05, 0) is 36.8 Å². The van der Waals surface area contributed by atoms with Crippen LogP contribution in [0.5, 0.6) is 17.2 Å². The lowest BCUT2D eigenvalue weighted by molar-refractivity contribution is 0.297. The number of benzene rings is 2. The second-order valence-electron chi connectivity index (χ2n) is 7.44. The summed E-state index contributed by atoms with van der Waals surface area (Å²) < 4.78 is 20.9. The van der Waals surface area contributed by atoms with Gasteiger partial charge in [-0.1, -0.05) is 17.3 Å². The van der Waals surface area contributed by atoms with Gasteiger partial charge in [-0.15, -0.1) is 5.10 Å². The molecule has 0 fully saturated rings. The molecule has 1 aliphatic rings. The minimum Gasteiger partial charge on any atom is -0.495 e. The number of hydrogen-bond donors (Lipinski definition) is 0. The summed E-state index contributed by atoms with van der Waals surface area (Å²) in [4.78, 5) is 4.29. The van der Waals surface area contributed by atoms with Gasteiger partial charge in [0.2, 0.25) is 0 Å². The molecule has 5 rings (SSSR count). The number of hydrogen-bond acceptors (Lipinski definition) is 6. The van der Waals surface area contributed by atoms with E-state index in [9.17, 15) is 0 Å². The molecule has 0 bridgehead atoms. The van der Waals surface area contributed by atoms with Crippen molar-refractivity contribution >= 4 is 0 Å². The van der Waals surface area contributed by atoms with Gasteiger partial charge in [-0.3, -0.25) is 0 Å². The van der Waals surface area contributed by atoms with Crippen molar-refractivity contribution in [3.8, 4) is 34.2 Å². The van der Waals surface area contributed by atoms with Crippen molar-refractivity contribution in [2.24, 2.45) is 0 Å². The van der Waals surface area contributed by atoms with E-state index in [4.69, 9.17) is 14.2 Å². The summed E-state index contributed by atoms with van der Waals surface area (Å²) in [6.45, 7) is 3.90. The van der Waals surface area contributed by atoms with Crippen LogP contribution in [0.3, 0.4) is 0 Å². The summed E-state index contributed by atoms with van der Waals surface area (Å²) in [6, 6.07) is 12.0.